The van der Waals surface area contributed by atoms with Crippen molar-refractivity contribution in [2.24, 2.45) is 0 Å². The van der Waals surface area contributed by atoms with E-state index in [0.29, 0.717) is 12.6 Å². The third-order valence-corrected chi connectivity index (χ3v) is 4.85. The Morgan fingerprint density at radius 2 is 1.78 bits per heavy atom. The molecule has 2 aliphatic rings. The van der Waals surface area contributed by atoms with Crippen LogP contribution in [0.25, 0.3) is 0 Å². The van der Waals surface area contributed by atoms with Crippen molar-refractivity contribution in [1.82, 2.24) is 9.97 Å². The molecule has 0 aliphatic carbocycles. The highest BCUT2D eigenvalue weighted by Gasteiger charge is 2.51. The van der Waals surface area contributed by atoms with E-state index in [1.54, 1.807) is 12.4 Å². The SMILES string of the molecule is CC1(C)OB(c2cnc(OC[C@@H]3CCCCO3)nc2)OC1(C)C. The van der Waals surface area contributed by atoms with Gasteiger partial charge in [-0.3, -0.25) is 0 Å². The summed E-state index contributed by atoms with van der Waals surface area (Å²) in [5.74, 6) is 0. The zero-order valence-electron chi connectivity index (χ0n) is 14.4. The zero-order valence-corrected chi connectivity index (χ0v) is 14.4. The van der Waals surface area contributed by atoms with Crippen LogP contribution in [0.4, 0.5) is 0 Å². The molecular formula is C16H25BN2O4. The summed E-state index contributed by atoms with van der Waals surface area (Å²) in [6, 6.07) is 0.361. The van der Waals surface area contributed by atoms with Crippen LogP contribution in [0.3, 0.4) is 0 Å². The molecule has 1 atom stereocenters. The van der Waals surface area contributed by atoms with Crippen molar-refractivity contribution in [1.29, 1.82) is 0 Å². The molecule has 1 aromatic heterocycles. The molecule has 0 bridgehead atoms. The topological polar surface area (TPSA) is 62.7 Å². The van der Waals surface area contributed by atoms with Crippen LogP contribution >= 0.6 is 0 Å². The molecule has 1 aromatic rings. The second kappa shape index (κ2) is 6.38. The number of hydrogen-bond donors (Lipinski definition) is 0. The largest absolute Gasteiger partial charge is 0.498 e. The maximum Gasteiger partial charge on any atom is 0.498 e. The monoisotopic (exact) mass is 320 g/mol. The summed E-state index contributed by atoms with van der Waals surface area (Å²) in [7, 11) is -0.448. The van der Waals surface area contributed by atoms with Crippen LogP contribution in [-0.2, 0) is 14.0 Å². The van der Waals surface area contributed by atoms with E-state index in [-0.39, 0.29) is 17.3 Å². The van der Waals surface area contributed by atoms with E-state index in [9.17, 15) is 0 Å². The third kappa shape index (κ3) is 3.67. The van der Waals surface area contributed by atoms with Crippen LogP contribution in [-0.4, -0.2) is 47.6 Å². The molecule has 126 valence electrons. The normalized spacial score (nSPS) is 26.3. The van der Waals surface area contributed by atoms with Crippen molar-refractivity contribution >= 4 is 12.6 Å². The van der Waals surface area contributed by atoms with Crippen LogP contribution in [0, 0.1) is 0 Å². The smallest absolute Gasteiger partial charge is 0.461 e. The predicted molar refractivity (Wildman–Crippen MR) is 86.8 cm³/mol. The molecule has 6 nitrogen and oxygen atoms in total. The quantitative estimate of drug-likeness (QED) is 0.787. The molecule has 3 heterocycles. The third-order valence-electron chi connectivity index (χ3n) is 4.85. The van der Waals surface area contributed by atoms with Crippen LogP contribution < -0.4 is 10.2 Å². The zero-order chi connectivity index (χ0) is 16.5. The van der Waals surface area contributed by atoms with Crippen molar-refractivity contribution in [2.75, 3.05) is 13.2 Å². The Balaban J connectivity index is 1.57. The Kier molecular flexibility index (Phi) is 4.62. The minimum absolute atomic E-state index is 0.148. The number of ether oxygens (including phenoxy) is 2. The number of aromatic nitrogens is 2. The molecule has 0 radical (unpaired) electrons. The average Bonchev–Trinajstić information content (AvgIpc) is 2.75. The molecule has 0 aromatic carbocycles. The molecule has 23 heavy (non-hydrogen) atoms. The lowest BCUT2D eigenvalue weighted by Gasteiger charge is -2.32. The first-order chi connectivity index (χ1) is 10.9. The highest BCUT2D eigenvalue weighted by Crippen LogP contribution is 2.36. The van der Waals surface area contributed by atoms with Crippen molar-refractivity contribution in [3.05, 3.63) is 12.4 Å². The second-order valence-electron chi connectivity index (χ2n) is 7.19. The standard InChI is InChI=1S/C16H25BN2O4/c1-15(2)16(3,4)23-17(22-15)12-9-18-14(19-10-12)21-11-13-7-5-6-8-20-13/h9-10,13H,5-8,11H2,1-4H3/t13-/m0/s1. The summed E-state index contributed by atoms with van der Waals surface area (Å²) in [5.41, 5.74) is 0.0565. The summed E-state index contributed by atoms with van der Waals surface area (Å²) in [6.45, 7) is 9.40. The first kappa shape index (κ1) is 16.7. The molecule has 0 saturated carbocycles. The molecule has 0 unspecified atom stereocenters. The first-order valence-corrected chi connectivity index (χ1v) is 8.29. The van der Waals surface area contributed by atoms with Crippen molar-refractivity contribution in [2.45, 2.75) is 64.3 Å². The van der Waals surface area contributed by atoms with Gasteiger partial charge in [0.2, 0.25) is 0 Å². The van der Waals surface area contributed by atoms with E-state index in [2.05, 4.69) is 9.97 Å². The molecule has 2 saturated heterocycles. The predicted octanol–water partition coefficient (Wildman–Crippen LogP) is 1.72. The van der Waals surface area contributed by atoms with Gasteiger partial charge in [0.25, 0.3) is 0 Å². The van der Waals surface area contributed by atoms with Gasteiger partial charge in [0.05, 0.1) is 17.3 Å². The van der Waals surface area contributed by atoms with Crippen molar-refractivity contribution in [3.8, 4) is 6.01 Å². The van der Waals surface area contributed by atoms with Crippen LogP contribution in [0.1, 0.15) is 47.0 Å². The molecule has 3 rings (SSSR count). The van der Waals surface area contributed by atoms with Gasteiger partial charge in [-0.25, -0.2) is 9.97 Å². The first-order valence-electron chi connectivity index (χ1n) is 8.29. The molecule has 2 fully saturated rings. The van der Waals surface area contributed by atoms with Gasteiger partial charge in [0.15, 0.2) is 0 Å². The van der Waals surface area contributed by atoms with Crippen molar-refractivity contribution < 1.29 is 18.8 Å². The van der Waals surface area contributed by atoms with Crippen molar-refractivity contribution in [3.63, 3.8) is 0 Å². The van der Waals surface area contributed by atoms with E-state index < -0.39 is 7.12 Å². The lowest BCUT2D eigenvalue weighted by atomic mass is 9.81. The molecule has 7 heteroatoms. The molecule has 2 aliphatic heterocycles. The van der Waals surface area contributed by atoms with Gasteiger partial charge < -0.3 is 18.8 Å². The van der Waals surface area contributed by atoms with E-state index in [4.69, 9.17) is 18.8 Å². The Bertz CT molecular complexity index is 513. The van der Waals surface area contributed by atoms with E-state index in [1.165, 1.54) is 6.42 Å². The lowest BCUT2D eigenvalue weighted by molar-refractivity contribution is -0.0129. The minimum atomic E-state index is -0.448. The van der Waals surface area contributed by atoms with Gasteiger partial charge >= 0.3 is 13.1 Å². The summed E-state index contributed by atoms with van der Waals surface area (Å²) in [5, 5.41) is 0. The van der Waals surface area contributed by atoms with Gasteiger partial charge in [-0.15, -0.1) is 0 Å². The van der Waals surface area contributed by atoms with Gasteiger partial charge in [-0.05, 0) is 47.0 Å². The maximum atomic E-state index is 5.98. The summed E-state index contributed by atoms with van der Waals surface area (Å²) in [6.07, 6.45) is 6.91. The van der Waals surface area contributed by atoms with Crippen LogP contribution in [0.2, 0.25) is 0 Å². The van der Waals surface area contributed by atoms with Gasteiger partial charge in [0, 0.05) is 24.5 Å². The van der Waals surface area contributed by atoms with Gasteiger partial charge in [-0.1, -0.05) is 0 Å². The van der Waals surface area contributed by atoms with E-state index in [1.807, 2.05) is 27.7 Å². The van der Waals surface area contributed by atoms with Gasteiger partial charge in [0.1, 0.15) is 6.61 Å². The second-order valence-corrected chi connectivity index (χ2v) is 7.19. The summed E-state index contributed by atoms with van der Waals surface area (Å²) >= 11 is 0. The minimum Gasteiger partial charge on any atom is -0.461 e. The average molecular weight is 320 g/mol. The number of hydrogen-bond acceptors (Lipinski definition) is 6. The highest BCUT2D eigenvalue weighted by atomic mass is 16.7. The molecule has 0 amide bonds. The lowest BCUT2D eigenvalue weighted by Crippen LogP contribution is -2.41. The van der Waals surface area contributed by atoms with Crippen LogP contribution in [0.15, 0.2) is 12.4 Å². The fourth-order valence-corrected chi connectivity index (χ4v) is 2.61. The van der Waals surface area contributed by atoms with Gasteiger partial charge in [-0.2, -0.15) is 0 Å². The molecular weight excluding hydrogens is 295 g/mol. The Labute approximate surface area is 138 Å². The summed E-state index contributed by atoms with van der Waals surface area (Å²) in [4.78, 5) is 8.51. The van der Waals surface area contributed by atoms with E-state index >= 15 is 0 Å². The van der Waals surface area contributed by atoms with E-state index in [0.717, 1.165) is 24.9 Å². The highest BCUT2D eigenvalue weighted by molar-refractivity contribution is 6.61. The molecule has 0 N–H and O–H groups in total. The Morgan fingerprint density at radius 3 is 2.35 bits per heavy atom. The fourth-order valence-electron chi connectivity index (χ4n) is 2.61. The maximum absolute atomic E-state index is 5.98. The Morgan fingerprint density at radius 1 is 1.13 bits per heavy atom. The Hall–Kier alpha value is -1.18. The molecule has 0 spiro atoms. The summed E-state index contributed by atoms with van der Waals surface area (Å²) < 4.78 is 23.2. The number of rotatable bonds is 4. The van der Waals surface area contributed by atoms with Crippen LogP contribution in [0.5, 0.6) is 6.01 Å². The fraction of sp³-hybridized carbons (Fsp3) is 0.750. The number of nitrogens with zero attached hydrogens (tertiary/aromatic N) is 2.